The van der Waals surface area contributed by atoms with Crippen molar-refractivity contribution in [2.75, 3.05) is 0 Å². The summed E-state index contributed by atoms with van der Waals surface area (Å²) >= 11 is 0. The van der Waals surface area contributed by atoms with Gasteiger partial charge in [0, 0.05) is 6.04 Å². The van der Waals surface area contributed by atoms with E-state index in [-0.39, 0.29) is 11.8 Å². The van der Waals surface area contributed by atoms with Gasteiger partial charge in [-0.05, 0) is 37.8 Å². The monoisotopic (exact) mass is 250 g/mol. The normalized spacial score (nSPS) is 16.9. The molecule has 1 heterocycles. The van der Waals surface area contributed by atoms with E-state index < -0.39 is 6.04 Å². The fourth-order valence-corrected chi connectivity index (χ4v) is 1.99. The van der Waals surface area contributed by atoms with Gasteiger partial charge in [-0.1, -0.05) is 13.8 Å². The molecule has 0 aliphatic heterocycles. The van der Waals surface area contributed by atoms with Crippen LogP contribution in [0.1, 0.15) is 38.2 Å². The van der Waals surface area contributed by atoms with Crippen LogP contribution in [0.25, 0.3) is 0 Å². The van der Waals surface area contributed by atoms with Crippen molar-refractivity contribution in [1.82, 2.24) is 4.90 Å². The molecule has 1 saturated carbocycles. The zero-order chi connectivity index (χ0) is 13.3. The van der Waals surface area contributed by atoms with Crippen molar-refractivity contribution in [3.63, 3.8) is 0 Å². The number of amides is 1. The Morgan fingerprint density at radius 3 is 2.61 bits per heavy atom. The topological polar surface area (TPSA) is 59.5 Å². The molecule has 0 aromatic carbocycles. The van der Waals surface area contributed by atoms with E-state index >= 15 is 0 Å². The first kappa shape index (κ1) is 13.1. The average Bonchev–Trinajstić information content (AvgIpc) is 3.08. The summed E-state index contributed by atoms with van der Waals surface area (Å²) < 4.78 is 5.55. The summed E-state index contributed by atoms with van der Waals surface area (Å²) in [5, 5.41) is 0. The number of aryl methyl sites for hydroxylation is 1. The van der Waals surface area contributed by atoms with Crippen LogP contribution in [0.5, 0.6) is 0 Å². The van der Waals surface area contributed by atoms with E-state index in [1.165, 1.54) is 0 Å². The standard InChI is InChI=1S/C14H22N2O2/c1-9(2)13(15)14(17)16(11-5-6-11)8-12-7-4-10(3)18-12/h4,7,9,11,13H,5-6,8,15H2,1-3H3. The van der Waals surface area contributed by atoms with Crippen molar-refractivity contribution in [3.8, 4) is 0 Å². The molecule has 2 N–H and O–H groups in total. The van der Waals surface area contributed by atoms with E-state index in [0.717, 1.165) is 24.4 Å². The predicted molar refractivity (Wildman–Crippen MR) is 69.8 cm³/mol. The lowest BCUT2D eigenvalue weighted by atomic mass is 10.0. The molecule has 1 aromatic heterocycles. The third-order valence-corrected chi connectivity index (χ3v) is 3.40. The highest BCUT2D eigenvalue weighted by Crippen LogP contribution is 2.29. The summed E-state index contributed by atoms with van der Waals surface area (Å²) in [6.07, 6.45) is 2.16. The van der Waals surface area contributed by atoms with Gasteiger partial charge in [-0.15, -0.1) is 0 Å². The molecule has 1 unspecified atom stereocenters. The Hall–Kier alpha value is -1.29. The van der Waals surface area contributed by atoms with Crippen molar-refractivity contribution in [3.05, 3.63) is 23.7 Å². The van der Waals surface area contributed by atoms with Crippen LogP contribution in [0.15, 0.2) is 16.5 Å². The summed E-state index contributed by atoms with van der Waals surface area (Å²) in [5.74, 6) is 1.92. The van der Waals surface area contributed by atoms with Gasteiger partial charge in [0.1, 0.15) is 11.5 Å². The van der Waals surface area contributed by atoms with Gasteiger partial charge in [-0.3, -0.25) is 4.79 Å². The van der Waals surface area contributed by atoms with Crippen LogP contribution in [0.3, 0.4) is 0 Å². The van der Waals surface area contributed by atoms with Crippen LogP contribution in [0.4, 0.5) is 0 Å². The van der Waals surface area contributed by atoms with E-state index in [1.54, 1.807) is 0 Å². The number of furan rings is 1. The highest BCUT2D eigenvalue weighted by molar-refractivity contribution is 5.82. The van der Waals surface area contributed by atoms with Crippen LogP contribution >= 0.6 is 0 Å². The smallest absolute Gasteiger partial charge is 0.240 e. The number of carbonyl (C=O) groups is 1. The lowest BCUT2D eigenvalue weighted by Crippen LogP contribution is -2.47. The van der Waals surface area contributed by atoms with Crippen LogP contribution in [-0.4, -0.2) is 22.9 Å². The van der Waals surface area contributed by atoms with Gasteiger partial charge >= 0.3 is 0 Å². The summed E-state index contributed by atoms with van der Waals surface area (Å²) in [4.78, 5) is 14.2. The van der Waals surface area contributed by atoms with Crippen molar-refractivity contribution < 1.29 is 9.21 Å². The molecular formula is C14H22N2O2. The highest BCUT2D eigenvalue weighted by atomic mass is 16.3. The molecule has 1 aromatic rings. The first-order valence-corrected chi connectivity index (χ1v) is 6.60. The molecule has 18 heavy (non-hydrogen) atoms. The van der Waals surface area contributed by atoms with Crippen LogP contribution in [0, 0.1) is 12.8 Å². The van der Waals surface area contributed by atoms with Crippen molar-refractivity contribution >= 4 is 5.91 Å². The first-order valence-electron chi connectivity index (χ1n) is 6.60. The molecule has 2 rings (SSSR count). The number of nitrogens with two attached hydrogens (primary N) is 1. The minimum absolute atomic E-state index is 0.0431. The van der Waals surface area contributed by atoms with E-state index in [4.69, 9.17) is 10.2 Å². The first-order chi connectivity index (χ1) is 8.49. The largest absolute Gasteiger partial charge is 0.464 e. The molecule has 1 fully saturated rings. The average molecular weight is 250 g/mol. The van der Waals surface area contributed by atoms with E-state index in [2.05, 4.69) is 0 Å². The second kappa shape index (κ2) is 5.14. The Morgan fingerprint density at radius 1 is 1.50 bits per heavy atom. The van der Waals surface area contributed by atoms with Gasteiger partial charge in [0.25, 0.3) is 0 Å². The quantitative estimate of drug-likeness (QED) is 0.870. The maximum absolute atomic E-state index is 12.3. The maximum atomic E-state index is 12.3. The molecule has 100 valence electrons. The van der Waals surface area contributed by atoms with Gasteiger partial charge in [-0.2, -0.15) is 0 Å². The van der Waals surface area contributed by atoms with Crippen molar-refractivity contribution in [1.29, 1.82) is 0 Å². The molecule has 0 saturated heterocycles. The van der Waals surface area contributed by atoms with E-state index in [1.807, 2.05) is 37.8 Å². The summed E-state index contributed by atoms with van der Waals surface area (Å²) in [6.45, 7) is 6.40. The van der Waals surface area contributed by atoms with Gasteiger partial charge in [-0.25, -0.2) is 0 Å². The number of rotatable bonds is 5. The van der Waals surface area contributed by atoms with Crippen molar-refractivity contribution in [2.45, 2.75) is 52.2 Å². The third kappa shape index (κ3) is 2.93. The van der Waals surface area contributed by atoms with Crippen LogP contribution < -0.4 is 5.73 Å². The lowest BCUT2D eigenvalue weighted by molar-refractivity contribution is -0.135. The summed E-state index contributed by atoms with van der Waals surface area (Å²) in [5.41, 5.74) is 5.96. The number of hydrogen-bond donors (Lipinski definition) is 1. The van der Waals surface area contributed by atoms with E-state index in [0.29, 0.717) is 12.6 Å². The minimum Gasteiger partial charge on any atom is -0.464 e. The van der Waals surface area contributed by atoms with Crippen molar-refractivity contribution in [2.24, 2.45) is 11.7 Å². The Morgan fingerprint density at radius 2 is 2.17 bits per heavy atom. The minimum atomic E-state index is -0.415. The Labute approximate surface area is 108 Å². The van der Waals surface area contributed by atoms with Gasteiger partial charge in [0.15, 0.2) is 0 Å². The Balaban J connectivity index is 2.06. The number of carbonyl (C=O) groups excluding carboxylic acids is 1. The lowest BCUT2D eigenvalue weighted by Gasteiger charge is -2.26. The molecule has 0 radical (unpaired) electrons. The third-order valence-electron chi connectivity index (χ3n) is 3.40. The second-order valence-electron chi connectivity index (χ2n) is 5.48. The molecular weight excluding hydrogens is 228 g/mol. The SMILES string of the molecule is Cc1ccc(CN(C(=O)C(N)C(C)C)C2CC2)o1. The molecule has 0 spiro atoms. The van der Waals surface area contributed by atoms with Crippen LogP contribution in [-0.2, 0) is 11.3 Å². The highest BCUT2D eigenvalue weighted by Gasteiger charge is 2.35. The fraction of sp³-hybridized carbons (Fsp3) is 0.643. The molecule has 1 amide bonds. The number of hydrogen-bond acceptors (Lipinski definition) is 3. The number of nitrogens with zero attached hydrogens (tertiary/aromatic N) is 1. The fourth-order valence-electron chi connectivity index (χ4n) is 1.99. The van der Waals surface area contributed by atoms with Gasteiger partial charge in [0.05, 0.1) is 12.6 Å². The Bertz CT molecular complexity index is 421. The molecule has 1 aliphatic carbocycles. The summed E-state index contributed by atoms with van der Waals surface area (Å²) in [7, 11) is 0. The van der Waals surface area contributed by atoms with Gasteiger partial charge in [0.2, 0.25) is 5.91 Å². The Kier molecular flexibility index (Phi) is 3.76. The molecule has 0 bridgehead atoms. The van der Waals surface area contributed by atoms with Crippen LogP contribution in [0.2, 0.25) is 0 Å². The predicted octanol–water partition coefficient (Wildman–Crippen LogP) is 2.06. The second-order valence-corrected chi connectivity index (χ2v) is 5.48. The zero-order valence-electron chi connectivity index (χ0n) is 11.3. The molecule has 4 heteroatoms. The zero-order valence-corrected chi connectivity index (χ0v) is 11.3. The van der Waals surface area contributed by atoms with Gasteiger partial charge < -0.3 is 15.1 Å². The molecule has 4 nitrogen and oxygen atoms in total. The molecule has 1 atom stereocenters. The van der Waals surface area contributed by atoms with E-state index in [9.17, 15) is 4.79 Å². The maximum Gasteiger partial charge on any atom is 0.240 e. The molecule has 1 aliphatic rings. The summed E-state index contributed by atoms with van der Waals surface area (Å²) in [6, 6.07) is 3.79.